The van der Waals surface area contributed by atoms with E-state index in [-0.39, 0.29) is 10.9 Å². The third kappa shape index (κ3) is 2.66. The molecule has 1 nitrogen and oxygen atoms in total. The van der Waals surface area contributed by atoms with E-state index in [1.54, 1.807) is 0 Å². The molecule has 1 rings (SSSR count). The van der Waals surface area contributed by atoms with E-state index >= 15 is 0 Å². The lowest BCUT2D eigenvalue weighted by Crippen LogP contribution is -2.75. The number of rotatable bonds is 4. The zero-order valence-electron chi connectivity index (χ0n) is 14.3. The van der Waals surface area contributed by atoms with Crippen molar-refractivity contribution in [1.82, 2.24) is 0 Å². The molecule has 0 aliphatic carbocycles. The first-order valence-corrected chi connectivity index (χ1v) is 14.3. The van der Waals surface area contributed by atoms with Gasteiger partial charge in [-0.1, -0.05) is 78.1 Å². The van der Waals surface area contributed by atoms with Gasteiger partial charge in [-0.2, -0.15) is 0 Å². The lowest BCUT2D eigenvalue weighted by molar-refractivity contribution is 0.249. The molecule has 1 heterocycles. The van der Waals surface area contributed by atoms with Gasteiger partial charge in [0, 0.05) is 0 Å². The maximum absolute atomic E-state index is 6.68. The molecule has 1 saturated heterocycles. The summed E-state index contributed by atoms with van der Waals surface area (Å²) in [6, 6.07) is 1.13. The van der Waals surface area contributed by atoms with Crippen LogP contribution in [0.1, 0.15) is 55.4 Å². The van der Waals surface area contributed by atoms with Crippen LogP contribution in [0.3, 0.4) is 0 Å². The van der Waals surface area contributed by atoms with Gasteiger partial charge < -0.3 is 4.43 Å². The predicted octanol–water partition coefficient (Wildman–Crippen LogP) is 6.30. The number of hydrogen-bond acceptors (Lipinski definition) is 1. The second kappa shape index (κ2) is 6.61. The minimum atomic E-state index is -1.93. The second-order valence-electron chi connectivity index (χ2n) is 7.64. The van der Waals surface area contributed by atoms with Crippen molar-refractivity contribution < 1.29 is 4.43 Å². The molecular weight excluding hydrogens is 323 g/mol. The summed E-state index contributed by atoms with van der Waals surface area (Å²) in [4.78, 5) is 0. The molecule has 0 N–H and O–H groups in total. The van der Waals surface area contributed by atoms with Crippen molar-refractivity contribution in [3.8, 4) is 0 Å². The molecule has 20 heavy (non-hydrogen) atoms. The summed E-state index contributed by atoms with van der Waals surface area (Å²) < 4.78 is 6.68. The van der Waals surface area contributed by atoms with Crippen molar-refractivity contribution >= 4 is 38.6 Å². The molecular formula is C15H32Cl2OSi2. The molecule has 0 spiro atoms. The summed E-state index contributed by atoms with van der Waals surface area (Å²) >= 11 is 13.1. The molecule has 0 aromatic carbocycles. The van der Waals surface area contributed by atoms with Crippen molar-refractivity contribution in [3.63, 3.8) is 0 Å². The highest BCUT2D eigenvalue weighted by Crippen LogP contribution is 2.56. The molecule has 0 saturated carbocycles. The Kier molecular flexibility index (Phi) is 6.29. The minimum absolute atomic E-state index is 0.0220. The van der Waals surface area contributed by atoms with Gasteiger partial charge in [-0.3, -0.25) is 0 Å². The molecule has 0 bridgehead atoms. The quantitative estimate of drug-likeness (QED) is 0.424. The Morgan fingerprint density at radius 2 is 1.20 bits per heavy atom. The molecule has 2 unspecified atom stereocenters. The Morgan fingerprint density at radius 3 is 1.50 bits per heavy atom. The summed E-state index contributed by atoms with van der Waals surface area (Å²) in [5, 5.41) is -0.0220. The molecule has 1 fully saturated rings. The van der Waals surface area contributed by atoms with Crippen LogP contribution in [-0.4, -0.2) is 26.4 Å². The first-order valence-electron chi connectivity index (χ1n) is 7.99. The van der Waals surface area contributed by atoms with E-state index in [2.05, 4.69) is 55.4 Å². The van der Waals surface area contributed by atoms with Gasteiger partial charge in [-0.05, 0) is 17.1 Å². The van der Waals surface area contributed by atoms with Gasteiger partial charge in [-0.15, -0.1) is 11.6 Å². The smallest absolute Gasteiger partial charge is 0.187 e. The van der Waals surface area contributed by atoms with E-state index in [9.17, 15) is 0 Å². The largest absolute Gasteiger partial charge is 0.402 e. The van der Waals surface area contributed by atoms with E-state index < -0.39 is 15.4 Å². The van der Waals surface area contributed by atoms with Crippen LogP contribution >= 0.6 is 23.2 Å². The molecule has 5 heteroatoms. The summed E-state index contributed by atoms with van der Waals surface area (Å²) in [6.45, 7) is 19.0. The van der Waals surface area contributed by atoms with Gasteiger partial charge in [0.2, 0.25) is 0 Å². The first kappa shape index (κ1) is 19.0. The minimum Gasteiger partial charge on any atom is -0.402 e. The topological polar surface area (TPSA) is 9.23 Å². The lowest BCUT2D eigenvalue weighted by atomic mass is 10.5. The molecule has 2 atom stereocenters. The van der Waals surface area contributed by atoms with E-state index in [0.717, 1.165) is 6.04 Å². The fourth-order valence-electron chi connectivity index (χ4n) is 5.00. The Bertz CT molecular complexity index is 284. The monoisotopic (exact) mass is 354 g/mol. The zero-order valence-corrected chi connectivity index (χ0v) is 17.8. The molecule has 0 aromatic heterocycles. The highest BCUT2D eigenvalue weighted by molar-refractivity contribution is 7.42. The van der Waals surface area contributed by atoms with Gasteiger partial charge in [0.25, 0.3) is 0 Å². The Labute approximate surface area is 137 Å². The van der Waals surface area contributed by atoms with E-state index in [1.807, 2.05) is 0 Å². The van der Waals surface area contributed by atoms with Crippen LogP contribution in [0, 0.1) is 0 Å². The standard InChI is InChI=1S/C15H32Cl2OSi2/c1-10(2)19(11(3)4)9-14(16)15(17)18-20(19,12(5)6)13(7)8/h10-15H,9H2,1-8H3. The molecule has 0 amide bonds. The van der Waals surface area contributed by atoms with Crippen molar-refractivity contribution in [2.45, 2.75) is 94.5 Å². The number of halogens is 2. The molecule has 0 radical (unpaired) electrons. The van der Waals surface area contributed by atoms with Crippen LogP contribution < -0.4 is 0 Å². The molecule has 120 valence electrons. The second-order valence-corrected chi connectivity index (χ2v) is 22.7. The SMILES string of the molecule is CC(C)[Si]1(C(C)C)CC(Cl)C(Cl)O[Si]1(C(C)C)C(C)C. The van der Waals surface area contributed by atoms with Crippen LogP contribution in [0.25, 0.3) is 0 Å². The molecule has 1 aliphatic heterocycles. The summed E-state index contributed by atoms with van der Waals surface area (Å²) in [6.07, 6.45) is 0. The molecule has 0 aromatic rings. The fourth-order valence-corrected chi connectivity index (χ4v) is 31.8. The van der Waals surface area contributed by atoms with E-state index in [0.29, 0.717) is 22.2 Å². The van der Waals surface area contributed by atoms with Crippen LogP contribution in [0.15, 0.2) is 0 Å². The predicted molar refractivity (Wildman–Crippen MR) is 97.1 cm³/mol. The average Bonchev–Trinajstić information content (AvgIpc) is 2.30. The Morgan fingerprint density at radius 1 is 0.800 bits per heavy atom. The van der Waals surface area contributed by atoms with E-state index in [4.69, 9.17) is 27.6 Å². The summed E-state index contributed by atoms with van der Waals surface area (Å²) in [7, 11) is -3.57. The van der Waals surface area contributed by atoms with Crippen molar-refractivity contribution in [2.75, 3.05) is 0 Å². The van der Waals surface area contributed by atoms with Crippen LogP contribution in [0.2, 0.25) is 28.2 Å². The maximum atomic E-state index is 6.68. The van der Waals surface area contributed by atoms with Gasteiger partial charge in [-0.25, -0.2) is 0 Å². The van der Waals surface area contributed by atoms with Crippen LogP contribution in [0.4, 0.5) is 0 Å². The normalized spacial score (nSPS) is 29.7. The molecule has 1 aliphatic rings. The average molecular weight is 355 g/mol. The van der Waals surface area contributed by atoms with Gasteiger partial charge in [0.05, 0.1) is 13.0 Å². The Hall–Kier alpha value is 0.974. The van der Waals surface area contributed by atoms with Gasteiger partial charge in [0.1, 0.15) is 5.56 Å². The summed E-state index contributed by atoms with van der Waals surface area (Å²) in [5.74, 6) is 0. The number of alkyl halides is 2. The highest BCUT2D eigenvalue weighted by atomic mass is 35.5. The van der Waals surface area contributed by atoms with Crippen molar-refractivity contribution in [2.24, 2.45) is 0 Å². The van der Waals surface area contributed by atoms with Crippen LogP contribution in [0.5, 0.6) is 0 Å². The van der Waals surface area contributed by atoms with Crippen LogP contribution in [-0.2, 0) is 4.43 Å². The van der Waals surface area contributed by atoms with Gasteiger partial charge >= 0.3 is 0 Å². The zero-order chi connectivity index (χ0) is 15.9. The van der Waals surface area contributed by atoms with Crippen molar-refractivity contribution in [1.29, 1.82) is 0 Å². The summed E-state index contributed by atoms with van der Waals surface area (Å²) in [5.41, 5.74) is 2.30. The maximum Gasteiger partial charge on any atom is 0.187 e. The van der Waals surface area contributed by atoms with Gasteiger partial charge in [0.15, 0.2) is 7.83 Å². The third-order valence-corrected chi connectivity index (χ3v) is 30.0. The third-order valence-electron chi connectivity index (χ3n) is 5.63. The Balaban J connectivity index is 3.53. The van der Waals surface area contributed by atoms with Crippen molar-refractivity contribution in [3.05, 3.63) is 0 Å². The highest BCUT2D eigenvalue weighted by Gasteiger charge is 2.66. The number of hydrogen-bond donors (Lipinski definition) is 0. The first-order chi connectivity index (χ1) is 9.04. The van der Waals surface area contributed by atoms with E-state index in [1.165, 1.54) is 0 Å². The lowest BCUT2D eigenvalue weighted by Gasteiger charge is -2.61. The fraction of sp³-hybridized carbons (Fsp3) is 1.00.